The van der Waals surface area contributed by atoms with Crippen molar-refractivity contribution in [2.24, 2.45) is 0 Å². The molecule has 5 nitrogen and oxygen atoms in total. The molecule has 0 atom stereocenters. The number of nitrogens with zero attached hydrogens (tertiary/aromatic N) is 2. The lowest BCUT2D eigenvalue weighted by Gasteiger charge is -2.08. The number of methoxy groups -OCH3 is 1. The van der Waals surface area contributed by atoms with E-state index in [0.29, 0.717) is 28.2 Å². The van der Waals surface area contributed by atoms with Gasteiger partial charge in [-0.05, 0) is 30.3 Å². The molecule has 3 aromatic rings. The quantitative estimate of drug-likeness (QED) is 0.731. The summed E-state index contributed by atoms with van der Waals surface area (Å²) in [5, 5.41) is 8.84. The van der Waals surface area contributed by atoms with Gasteiger partial charge in [-0.1, -0.05) is 35.3 Å². The van der Waals surface area contributed by atoms with Gasteiger partial charge >= 0.3 is 0 Å². The first-order chi connectivity index (χ1) is 11.6. The summed E-state index contributed by atoms with van der Waals surface area (Å²) in [4.78, 5) is 12.1. The number of ether oxygens (including phenoxy) is 1. The number of para-hydroxylation sites is 1. The lowest BCUT2D eigenvalue weighted by Crippen LogP contribution is -2.15. The van der Waals surface area contributed by atoms with Crippen molar-refractivity contribution < 1.29 is 9.53 Å². The van der Waals surface area contributed by atoms with Crippen LogP contribution >= 0.6 is 23.2 Å². The molecule has 0 radical (unpaired) electrons. The summed E-state index contributed by atoms with van der Waals surface area (Å²) in [7, 11) is 1.54. The molecule has 0 spiro atoms. The average Bonchev–Trinajstić information content (AvgIpc) is 2.90. The number of amides is 1. The van der Waals surface area contributed by atoms with E-state index in [1.807, 2.05) is 24.3 Å². The summed E-state index contributed by atoms with van der Waals surface area (Å²) in [6.45, 7) is 0.433. The third kappa shape index (κ3) is 3.47. The zero-order valence-corrected chi connectivity index (χ0v) is 14.4. The Morgan fingerprint density at radius 2 is 2.04 bits per heavy atom. The molecule has 3 rings (SSSR count). The van der Waals surface area contributed by atoms with Gasteiger partial charge in [0.2, 0.25) is 5.91 Å². The number of rotatable bonds is 5. The highest BCUT2D eigenvalue weighted by molar-refractivity contribution is 6.34. The van der Waals surface area contributed by atoms with Gasteiger partial charge in [-0.3, -0.25) is 9.48 Å². The molecule has 24 heavy (non-hydrogen) atoms. The van der Waals surface area contributed by atoms with Crippen LogP contribution in [0.15, 0.2) is 42.5 Å². The molecule has 0 aliphatic heterocycles. The summed E-state index contributed by atoms with van der Waals surface area (Å²) in [6, 6.07) is 12.7. The fourth-order valence-electron chi connectivity index (χ4n) is 2.43. The third-order valence-electron chi connectivity index (χ3n) is 3.60. The van der Waals surface area contributed by atoms with Gasteiger partial charge in [0, 0.05) is 17.5 Å². The summed E-state index contributed by atoms with van der Waals surface area (Å²) in [6.07, 6.45) is 0.269. The van der Waals surface area contributed by atoms with Gasteiger partial charge in [-0.15, -0.1) is 0 Å². The number of hydrogen-bond acceptors (Lipinski definition) is 3. The maximum atomic E-state index is 12.1. The molecule has 0 unspecified atom stereocenters. The highest BCUT2D eigenvalue weighted by Gasteiger charge is 2.10. The Balaban J connectivity index is 1.66. The van der Waals surface area contributed by atoms with Crippen LogP contribution in [0.25, 0.3) is 10.9 Å². The molecule has 1 N–H and O–H groups in total. The number of nitrogens with one attached hydrogen (secondary N) is 1. The fraction of sp³-hybridized carbons (Fsp3) is 0.176. The third-order valence-corrected chi connectivity index (χ3v) is 4.17. The van der Waals surface area contributed by atoms with Gasteiger partial charge in [0.1, 0.15) is 5.75 Å². The number of anilines is 1. The maximum Gasteiger partial charge on any atom is 0.226 e. The Kier molecular flexibility index (Phi) is 4.92. The van der Waals surface area contributed by atoms with Crippen LogP contribution in [-0.2, 0) is 11.3 Å². The van der Waals surface area contributed by atoms with Crippen LogP contribution in [0, 0.1) is 0 Å². The van der Waals surface area contributed by atoms with E-state index in [1.54, 1.807) is 30.0 Å². The highest BCUT2D eigenvalue weighted by Crippen LogP contribution is 2.27. The second-order valence-electron chi connectivity index (χ2n) is 5.18. The number of carbonyl (C=O) groups is 1. The van der Waals surface area contributed by atoms with Crippen LogP contribution in [0.5, 0.6) is 5.75 Å². The van der Waals surface area contributed by atoms with Crippen molar-refractivity contribution in [2.75, 3.05) is 12.4 Å². The first-order valence-corrected chi connectivity index (χ1v) is 8.08. The Morgan fingerprint density at radius 3 is 2.79 bits per heavy atom. The van der Waals surface area contributed by atoms with Crippen LogP contribution in [-0.4, -0.2) is 22.8 Å². The molecule has 0 saturated heterocycles. The van der Waals surface area contributed by atoms with Gasteiger partial charge in [0.15, 0.2) is 5.15 Å². The van der Waals surface area contributed by atoms with Crippen molar-refractivity contribution in [2.45, 2.75) is 13.0 Å². The van der Waals surface area contributed by atoms with Crippen LogP contribution in [0.2, 0.25) is 10.2 Å². The SMILES string of the molecule is COc1ccc(NC(=O)CCn2nc(Cl)c3ccccc32)cc1Cl. The molecular formula is C17H15Cl2N3O2. The van der Waals surface area contributed by atoms with Gasteiger partial charge in [0.05, 0.1) is 24.2 Å². The largest absolute Gasteiger partial charge is 0.495 e. The van der Waals surface area contributed by atoms with Crippen LogP contribution in [0.3, 0.4) is 0 Å². The Hall–Kier alpha value is -2.24. The van der Waals surface area contributed by atoms with Crippen molar-refractivity contribution >= 4 is 45.7 Å². The van der Waals surface area contributed by atoms with E-state index < -0.39 is 0 Å². The number of benzene rings is 2. The Bertz CT molecular complexity index is 893. The number of aromatic nitrogens is 2. The lowest BCUT2D eigenvalue weighted by atomic mass is 10.2. The van der Waals surface area contributed by atoms with Gasteiger partial charge in [-0.25, -0.2) is 0 Å². The van der Waals surface area contributed by atoms with E-state index in [1.165, 1.54) is 0 Å². The standard InChI is InChI=1S/C17H15Cl2N3O2/c1-24-15-7-6-11(10-13(15)18)20-16(23)8-9-22-14-5-3-2-4-12(14)17(19)21-22/h2-7,10H,8-9H2,1H3,(H,20,23). The van der Waals surface area contributed by atoms with Crippen molar-refractivity contribution in [1.29, 1.82) is 0 Å². The van der Waals surface area contributed by atoms with Crippen LogP contribution in [0.1, 0.15) is 6.42 Å². The molecule has 1 aromatic heterocycles. The monoisotopic (exact) mass is 363 g/mol. The highest BCUT2D eigenvalue weighted by atomic mass is 35.5. The van der Waals surface area contributed by atoms with E-state index in [4.69, 9.17) is 27.9 Å². The first-order valence-electron chi connectivity index (χ1n) is 7.33. The van der Waals surface area contributed by atoms with Crippen molar-refractivity contribution in [3.63, 3.8) is 0 Å². The van der Waals surface area contributed by atoms with E-state index in [-0.39, 0.29) is 12.3 Å². The Labute approximate surface area is 149 Å². The van der Waals surface area contributed by atoms with Gasteiger partial charge < -0.3 is 10.1 Å². The van der Waals surface area contributed by atoms with Crippen molar-refractivity contribution in [3.8, 4) is 5.75 Å². The van der Waals surface area contributed by atoms with Crippen molar-refractivity contribution in [1.82, 2.24) is 9.78 Å². The minimum absolute atomic E-state index is 0.132. The zero-order chi connectivity index (χ0) is 17.1. The number of aryl methyl sites for hydroxylation is 1. The minimum Gasteiger partial charge on any atom is -0.495 e. The molecule has 0 aliphatic carbocycles. The van der Waals surface area contributed by atoms with E-state index in [0.717, 1.165) is 10.9 Å². The average molecular weight is 364 g/mol. The summed E-state index contributed by atoms with van der Waals surface area (Å²) in [5.41, 5.74) is 1.52. The molecule has 0 aliphatic rings. The maximum absolute atomic E-state index is 12.1. The molecule has 0 saturated carbocycles. The summed E-state index contributed by atoms with van der Waals surface area (Å²) in [5.74, 6) is 0.430. The molecule has 124 valence electrons. The second kappa shape index (κ2) is 7.11. The number of fused-ring (bicyclic) bond motifs is 1. The summed E-state index contributed by atoms with van der Waals surface area (Å²) >= 11 is 12.2. The Morgan fingerprint density at radius 1 is 1.25 bits per heavy atom. The molecule has 0 fully saturated rings. The predicted octanol–water partition coefficient (Wildman–Crippen LogP) is 4.38. The molecule has 2 aromatic carbocycles. The lowest BCUT2D eigenvalue weighted by molar-refractivity contribution is -0.116. The van der Waals surface area contributed by atoms with Gasteiger partial charge in [-0.2, -0.15) is 5.10 Å². The molecule has 1 heterocycles. The second-order valence-corrected chi connectivity index (χ2v) is 5.94. The summed E-state index contributed by atoms with van der Waals surface area (Å²) < 4.78 is 6.82. The molecule has 0 bridgehead atoms. The first kappa shape index (κ1) is 16.6. The molecule has 7 heteroatoms. The molecular weight excluding hydrogens is 349 g/mol. The number of hydrogen-bond donors (Lipinski definition) is 1. The predicted molar refractivity (Wildman–Crippen MR) is 96.0 cm³/mol. The van der Waals surface area contributed by atoms with Crippen molar-refractivity contribution in [3.05, 3.63) is 52.6 Å². The number of carbonyl (C=O) groups excluding carboxylic acids is 1. The van der Waals surface area contributed by atoms with Gasteiger partial charge in [0.25, 0.3) is 0 Å². The van der Waals surface area contributed by atoms with E-state index >= 15 is 0 Å². The van der Waals surface area contributed by atoms with E-state index in [9.17, 15) is 4.79 Å². The number of halogens is 2. The normalized spacial score (nSPS) is 10.8. The van der Waals surface area contributed by atoms with E-state index in [2.05, 4.69) is 10.4 Å². The van der Waals surface area contributed by atoms with Crippen LogP contribution < -0.4 is 10.1 Å². The minimum atomic E-state index is -0.132. The topological polar surface area (TPSA) is 56.1 Å². The zero-order valence-electron chi connectivity index (χ0n) is 12.9. The van der Waals surface area contributed by atoms with Crippen LogP contribution in [0.4, 0.5) is 5.69 Å². The fourth-order valence-corrected chi connectivity index (χ4v) is 2.94. The smallest absolute Gasteiger partial charge is 0.226 e. The molecule has 1 amide bonds.